The fraction of sp³-hybridized carbons (Fsp3) is 0.462. The Hall–Kier alpha value is -1.95. The first-order chi connectivity index (χ1) is 9.19. The van der Waals surface area contributed by atoms with E-state index in [0.717, 1.165) is 17.5 Å². The van der Waals surface area contributed by atoms with Gasteiger partial charge in [-0.2, -0.15) is 0 Å². The van der Waals surface area contributed by atoms with Crippen LogP contribution in [0.5, 0.6) is 0 Å². The Labute approximate surface area is 110 Å². The lowest BCUT2D eigenvalue weighted by Gasteiger charge is -2.15. The number of aliphatic hydroxyl groups excluding tert-OH is 1. The average Bonchev–Trinajstić information content (AvgIpc) is 3.05. The molecule has 0 saturated carbocycles. The predicted molar refractivity (Wildman–Crippen MR) is 67.6 cm³/mol. The molecule has 1 fully saturated rings. The van der Waals surface area contributed by atoms with Gasteiger partial charge in [-0.15, -0.1) is 0 Å². The molecule has 3 rings (SSSR count). The zero-order valence-corrected chi connectivity index (χ0v) is 10.7. The molecular formula is C13H15N3O3. The first-order valence-electron chi connectivity index (χ1n) is 6.31. The summed E-state index contributed by atoms with van der Waals surface area (Å²) in [5.74, 6) is 0.143. The number of nitrogens with zero attached hydrogens (tertiary/aromatic N) is 3. The number of carbonyl (C=O) groups excluding carboxylic acids is 1. The summed E-state index contributed by atoms with van der Waals surface area (Å²) in [5, 5.41) is 13.7. The lowest BCUT2D eigenvalue weighted by atomic mass is 10.1. The van der Waals surface area contributed by atoms with Crippen molar-refractivity contribution < 1.29 is 14.4 Å². The lowest BCUT2D eigenvalue weighted by Crippen LogP contribution is -2.29. The zero-order valence-electron chi connectivity index (χ0n) is 10.7. The van der Waals surface area contributed by atoms with Gasteiger partial charge in [0.05, 0.1) is 16.6 Å². The van der Waals surface area contributed by atoms with Crippen molar-refractivity contribution in [3.05, 3.63) is 23.5 Å². The van der Waals surface area contributed by atoms with Crippen LogP contribution in [0.2, 0.25) is 0 Å². The molecule has 1 amide bonds. The van der Waals surface area contributed by atoms with E-state index in [-0.39, 0.29) is 18.4 Å². The molecule has 0 aromatic carbocycles. The molecule has 100 valence electrons. The third-order valence-corrected chi connectivity index (χ3v) is 3.59. The monoisotopic (exact) mass is 261 g/mol. The molecule has 19 heavy (non-hydrogen) atoms. The lowest BCUT2D eigenvalue weighted by molar-refractivity contribution is 0.0781. The molecule has 1 atom stereocenters. The van der Waals surface area contributed by atoms with Gasteiger partial charge in [0.2, 0.25) is 0 Å². The summed E-state index contributed by atoms with van der Waals surface area (Å²) in [6.07, 6.45) is 2.37. The SMILES string of the molecule is Cc1noc2ncc(C(=O)N3CCC(CO)C3)cc12. The van der Waals surface area contributed by atoms with Crippen LogP contribution >= 0.6 is 0 Å². The van der Waals surface area contributed by atoms with E-state index < -0.39 is 0 Å². The van der Waals surface area contributed by atoms with E-state index in [4.69, 9.17) is 9.63 Å². The molecule has 1 aliphatic rings. The third kappa shape index (κ3) is 2.08. The summed E-state index contributed by atoms with van der Waals surface area (Å²) < 4.78 is 5.02. The Morgan fingerprint density at radius 1 is 1.63 bits per heavy atom. The van der Waals surface area contributed by atoms with Crippen LogP contribution in [-0.4, -0.2) is 45.8 Å². The average molecular weight is 261 g/mol. The maximum atomic E-state index is 12.3. The third-order valence-electron chi connectivity index (χ3n) is 3.59. The second-order valence-corrected chi connectivity index (χ2v) is 4.93. The van der Waals surface area contributed by atoms with Gasteiger partial charge in [-0.25, -0.2) is 4.98 Å². The Bertz CT molecular complexity index is 623. The van der Waals surface area contributed by atoms with Gasteiger partial charge >= 0.3 is 0 Å². The van der Waals surface area contributed by atoms with Crippen LogP contribution < -0.4 is 0 Å². The number of rotatable bonds is 2. The highest BCUT2D eigenvalue weighted by molar-refractivity contribution is 5.97. The highest BCUT2D eigenvalue weighted by Crippen LogP contribution is 2.21. The van der Waals surface area contributed by atoms with Crippen LogP contribution in [0.4, 0.5) is 0 Å². The van der Waals surface area contributed by atoms with Crippen LogP contribution in [0.25, 0.3) is 11.1 Å². The fourth-order valence-electron chi connectivity index (χ4n) is 2.41. The molecule has 2 aromatic rings. The molecule has 0 spiro atoms. The highest BCUT2D eigenvalue weighted by atomic mass is 16.5. The molecule has 0 radical (unpaired) electrons. The number of carbonyl (C=O) groups is 1. The van der Waals surface area contributed by atoms with Crippen molar-refractivity contribution in [2.24, 2.45) is 5.92 Å². The minimum Gasteiger partial charge on any atom is -0.396 e. The number of amides is 1. The molecule has 1 saturated heterocycles. The fourth-order valence-corrected chi connectivity index (χ4v) is 2.41. The van der Waals surface area contributed by atoms with Crippen molar-refractivity contribution in [2.75, 3.05) is 19.7 Å². The first kappa shape index (κ1) is 12.1. The summed E-state index contributed by atoms with van der Waals surface area (Å²) in [6, 6.07) is 1.77. The number of fused-ring (bicyclic) bond motifs is 1. The molecule has 0 bridgehead atoms. The smallest absolute Gasteiger partial charge is 0.257 e. The summed E-state index contributed by atoms with van der Waals surface area (Å²) in [6.45, 7) is 3.24. The van der Waals surface area contributed by atoms with E-state index in [1.165, 1.54) is 6.20 Å². The number of aliphatic hydroxyl groups is 1. The number of hydrogen-bond donors (Lipinski definition) is 1. The van der Waals surface area contributed by atoms with Crippen molar-refractivity contribution in [3.8, 4) is 0 Å². The summed E-state index contributed by atoms with van der Waals surface area (Å²) in [4.78, 5) is 18.2. The van der Waals surface area contributed by atoms with Gasteiger partial charge in [0.15, 0.2) is 0 Å². The summed E-state index contributed by atoms with van der Waals surface area (Å²) >= 11 is 0. The van der Waals surface area contributed by atoms with Gasteiger partial charge in [-0.1, -0.05) is 5.16 Å². The number of likely N-dealkylation sites (tertiary alicyclic amines) is 1. The molecule has 1 unspecified atom stereocenters. The van der Waals surface area contributed by atoms with Crippen LogP contribution in [0, 0.1) is 12.8 Å². The van der Waals surface area contributed by atoms with Gasteiger partial charge in [0.25, 0.3) is 11.6 Å². The molecule has 0 aliphatic carbocycles. The largest absolute Gasteiger partial charge is 0.396 e. The molecule has 1 N–H and O–H groups in total. The van der Waals surface area contributed by atoms with Crippen LogP contribution in [0.15, 0.2) is 16.8 Å². The second kappa shape index (κ2) is 4.62. The Balaban J connectivity index is 1.87. The van der Waals surface area contributed by atoms with E-state index in [1.807, 2.05) is 6.92 Å². The van der Waals surface area contributed by atoms with Gasteiger partial charge in [-0.05, 0) is 19.4 Å². The normalized spacial score (nSPS) is 19.3. The Kier molecular flexibility index (Phi) is 2.94. The number of aromatic nitrogens is 2. The first-order valence-corrected chi connectivity index (χ1v) is 6.31. The highest BCUT2D eigenvalue weighted by Gasteiger charge is 2.26. The molecular weight excluding hydrogens is 246 g/mol. The number of aryl methyl sites for hydroxylation is 1. The predicted octanol–water partition coefficient (Wildman–Crippen LogP) is 0.986. The van der Waals surface area contributed by atoms with Gasteiger partial charge in [0.1, 0.15) is 0 Å². The summed E-state index contributed by atoms with van der Waals surface area (Å²) in [7, 11) is 0. The zero-order chi connectivity index (χ0) is 13.4. The molecule has 1 aliphatic heterocycles. The van der Waals surface area contributed by atoms with Crippen LogP contribution in [0.3, 0.4) is 0 Å². The van der Waals surface area contributed by atoms with E-state index in [2.05, 4.69) is 10.1 Å². The summed E-state index contributed by atoms with van der Waals surface area (Å²) in [5.41, 5.74) is 1.72. The minimum atomic E-state index is -0.0500. The van der Waals surface area contributed by atoms with Crippen LogP contribution in [-0.2, 0) is 0 Å². The van der Waals surface area contributed by atoms with Crippen molar-refractivity contribution in [2.45, 2.75) is 13.3 Å². The topological polar surface area (TPSA) is 79.5 Å². The molecule has 2 aromatic heterocycles. The van der Waals surface area contributed by atoms with Gasteiger partial charge < -0.3 is 14.5 Å². The van der Waals surface area contributed by atoms with E-state index in [0.29, 0.717) is 24.4 Å². The van der Waals surface area contributed by atoms with E-state index >= 15 is 0 Å². The van der Waals surface area contributed by atoms with Crippen LogP contribution in [0.1, 0.15) is 22.5 Å². The van der Waals surface area contributed by atoms with Crippen molar-refractivity contribution in [3.63, 3.8) is 0 Å². The number of hydrogen-bond acceptors (Lipinski definition) is 5. The maximum absolute atomic E-state index is 12.3. The standard InChI is InChI=1S/C13H15N3O3/c1-8-11-4-10(5-14-12(11)19-15-8)13(18)16-3-2-9(6-16)7-17/h4-5,9,17H,2-3,6-7H2,1H3. The maximum Gasteiger partial charge on any atom is 0.257 e. The number of pyridine rings is 1. The molecule has 6 heteroatoms. The molecule has 6 nitrogen and oxygen atoms in total. The minimum absolute atomic E-state index is 0.0500. The van der Waals surface area contributed by atoms with Gasteiger partial charge in [0, 0.05) is 31.8 Å². The quantitative estimate of drug-likeness (QED) is 0.872. The van der Waals surface area contributed by atoms with Crippen molar-refractivity contribution in [1.29, 1.82) is 0 Å². The van der Waals surface area contributed by atoms with Crippen molar-refractivity contribution >= 4 is 17.0 Å². The second-order valence-electron chi connectivity index (χ2n) is 4.93. The van der Waals surface area contributed by atoms with Gasteiger partial charge in [-0.3, -0.25) is 4.79 Å². The Morgan fingerprint density at radius 2 is 2.47 bits per heavy atom. The van der Waals surface area contributed by atoms with E-state index in [9.17, 15) is 4.79 Å². The van der Waals surface area contributed by atoms with E-state index in [1.54, 1.807) is 11.0 Å². The Morgan fingerprint density at radius 3 is 3.21 bits per heavy atom. The molecule has 3 heterocycles. The van der Waals surface area contributed by atoms with Crippen molar-refractivity contribution in [1.82, 2.24) is 15.0 Å².